The Morgan fingerprint density at radius 3 is 2.62 bits per heavy atom. The minimum absolute atomic E-state index is 0.0108. The molecule has 0 saturated carbocycles. The number of aromatic nitrogens is 1. The number of thiazole rings is 1. The van der Waals surface area contributed by atoms with Crippen molar-refractivity contribution in [3.63, 3.8) is 0 Å². The maximum atomic E-state index is 12.5. The number of alkyl halides is 1. The number of hydrogen-bond donors (Lipinski definition) is 1. The predicted molar refractivity (Wildman–Crippen MR) is 86.7 cm³/mol. The lowest BCUT2D eigenvalue weighted by Crippen LogP contribution is -2.47. The van der Waals surface area contributed by atoms with Crippen LogP contribution in [0, 0.1) is 11.3 Å². The topological polar surface area (TPSA) is 62.3 Å². The number of rotatable bonds is 7. The first-order valence-electron chi connectivity index (χ1n) is 6.81. The van der Waals surface area contributed by atoms with Crippen molar-refractivity contribution in [3.8, 4) is 0 Å². The van der Waals surface area contributed by atoms with Crippen molar-refractivity contribution in [2.45, 2.75) is 27.7 Å². The standard InChI is InChI=1S/C14H22ClN3O2S/c1-10(2)7-18(12(20)14(3,4)9-15)8-11(19)17-13-16-5-6-21-13/h5-6,10H,7-9H2,1-4H3,(H,16,17,19). The zero-order valence-electron chi connectivity index (χ0n) is 12.9. The zero-order valence-corrected chi connectivity index (χ0v) is 14.4. The third-order valence-electron chi connectivity index (χ3n) is 2.80. The third-order valence-corrected chi connectivity index (χ3v) is 4.16. The molecule has 21 heavy (non-hydrogen) atoms. The van der Waals surface area contributed by atoms with Gasteiger partial charge in [-0.3, -0.25) is 9.59 Å². The van der Waals surface area contributed by atoms with Gasteiger partial charge in [0.1, 0.15) is 0 Å². The molecule has 7 heteroatoms. The molecule has 1 N–H and O–H groups in total. The summed E-state index contributed by atoms with van der Waals surface area (Å²) in [5.41, 5.74) is -0.683. The van der Waals surface area contributed by atoms with Gasteiger partial charge < -0.3 is 10.2 Å². The summed E-state index contributed by atoms with van der Waals surface area (Å²) in [7, 11) is 0. The monoisotopic (exact) mass is 331 g/mol. The summed E-state index contributed by atoms with van der Waals surface area (Å²) in [6, 6.07) is 0. The van der Waals surface area contributed by atoms with Crippen LogP contribution in [0.25, 0.3) is 0 Å². The normalized spacial score (nSPS) is 11.5. The highest BCUT2D eigenvalue weighted by atomic mass is 35.5. The molecule has 0 spiro atoms. The van der Waals surface area contributed by atoms with E-state index in [4.69, 9.17) is 11.6 Å². The van der Waals surface area contributed by atoms with E-state index in [9.17, 15) is 9.59 Å². The first-order valence-corrected chi connectivity index (χ1v) is 8.22. The van der Waals surface area contributed by atoms with Crippen LogP contribution in [0.1, 0.15) is 27.7 Å². The Hall–Kier alpha value is -1.14. The second kappa shape index (κ2) is 7.75. The van der Waals surface area contributed by atoms with Crippen molar-refractivity contribution in [1.29, 1.82) is 0 Å². The molecule has 0 radical (unpaired) electrons. The molecule has 118 valence electrons. The first-order chi connectivity index (χ1) is 9.76. The molecule has 1 rings (SSSR count). The van der Waals surface area contributed by atoms with E-state index in [2.05, 4.69) is 10.3 Å². The molecule has 1 aromatic rings. The maximum Gasteiger partial charge on any atom is 0.245 e. The number of nitrogens with one attached hydrogen (secondary N) is 1. The minimum Gasteiger partial charge on any atom is -0.333 e. The van der Waals surface area contributed by atoms with Gasteiger partial charge in [-0.2, -0.15) is 0 Å². The van der Waals surface area contributed by atoms with Gasteiger partial charge in [0.2, 0.25) is 11.8 Å². The van der Waals surface area contributed by atoms with Crippen molar-refractivity contribution in [1.82, 2.24) is 9.88 Å². The van der Waals surface area contributed by atoms with Crippen LogP contribution in [0.3, 0.4) is 0 Å². The summed E-state index contributed by atoms with van der Waals surface area (Å²) in [6.07, 6.45) is 1.62. The van der Waals surface area contributed by atoms with Gasteiger partial charge in [0.15, 0.2) is 5.13 Å². The first kappa shape index (κ1) is 17.9. The number of carbonyl (C=O) groups is 2. The molecular weight excluding hydrogens is 310 g/mol. The molecule has 0 aliphatic rings. The number of anilines is 1. The molecule has 2 amide bonds. The lowest BCUT2D eigenvalue weighted by atomic mass is 9.94. The van der Waals surface area contributed by atoms with E-state index in [0.717, 1.165) is 0 Å². The number of halogens is 1. The molecule has 5 nitrogen and oxygen atoms in total. The molecule has 0 saturated heterocycles. The second-order valence-corrected chi connectivity index (χ2v) is 7.14. The quantitative estimate of drug-likeness (QED) is 0.781. The molecule has 1 aromatic heterocycles. The van der Waals surface area contributed by atoms with Gasteiger partial charge in [-0.25, -0.2) is 4.98 Å². The fraction of sp³-hybridized carbons (Fsp3) is 0.643. The smallest absolute Gasteiger partial charge is 0.245 e. The summed E-state index contributed by atoms with van der Waals surface area (Å²) in [6.45, 7) is 8.11. The average molecular weight is 332 g/mol. The fourth-order valence-corrected chi connectivity index (χ4v) is 2.42. The van der Waals surface area contributed by atoms with E-state index in [-0.39, 0.29) is 30.2 Å². The average Bonchev–Trinajstić information content (AvgIpc) is 2.89. The number of hydrogen-bond acceptors (Lipinski definition) is 4. The van der Waals surface area contributed by atoms with Crippen LogP contribution in [-0.2, 0) is 9.59 Å². The highest BCUT2D eigenvalue weighted by molar-refractivity contribution is 7.13. The minimum atomic E-state index is -0.683. The summed E-state index contributed by atoms with van der Waals surface area (Å²) in [4.78, 5) is 30.1. The highest BCUT2D eigenvalue weighted by Crippen LogP contribution is 2.21. The Kier molecular flexibility index (Phi) is 6.61. The lowest BCUT2D eigenvalue weighted by molar-refractivity contribution is -0.142. The van der Waals surface area contributed by atoms with Crippen LogP contribution in [0.4, 0.5) is 5.13 Å². The molecule has 0 aromatic carbocycles. The molecule has 0 fully saturated rings. The fourth-order valence-electron chi connectivity index (χ4n) is 1.76. The van der Waals surface area contributed by atoms with Gasteiger partial charge in [-0.1, -0.05) is 13.8 Å². The Labute approximate surface area is 134 Å². The van der Waals surface area contributed by atoms with E-state index < -0.39 is 5.41 Å². The van der Waals surface area contributed by atoms with Crippen molar-refractivity contribution >= 4 is 39.9 Å². The van der Waals surface area contributed by atoms with Crippen LogP contribution in [-0.4, -0.2) is 40.7 Å². The Morgan fingerprint density at radius 2 is 2.14 bits per heavy atom. The number of amides is 2. The molecule has 0 bridgehead atoms. The van der Waals surface area contributed by atoms with E-state index in [0.29, 0.717) is 11.7 Å². The van der Waals surface area contributed by atoms with E-state index in [1.807, 2.05) is 13.8 Å². The summed E-state index contributed by atoms with van der Waals surface area (Å²) in [5.74, 6) is 0.131. The van der Waals surface area contributed by atoms with Gasteiger partial charge in [-0.05, 0) is 19.8 Å². The predicted octanol–water partition coefficient (Wildman–Crippen LogP) is 2.83. The summed E-state index contributed by atoms with van der Waals surface area (Å²) in [5, 5.41) is 5.01. The van der Waals surface area contributed by atoms with Crippen LogP contribution >= 0.6 is 22.9 Å². The maximum absolute atomic E-state index is 12.5. The van der Waals surface area contributed by atoms with Gasteiger partial charge in [-0.15, -0.1) is 22.9 Å². The van der Waals surface area contributed by atoms with Crippen LogP contribution in [0.2, 0.25) is 0 Å². The number of nitrogens with zero attached hydrogens (tertiary/aromatic N) is 2. The Bertz CT molecular complexity index is 475. The van der Waals surface area contributed by atoms with Crippen LogP contribution < -0.4 is 5.32 Å². The van der Waals surface area contributed by atoms with Gasteiger partial charge in [0.25, 0.3) is 0 Å². The lowest BCUT2D eigenvalue weighted by Gasteiger charge is -2.31. The Morgan fingerprint density at radius 1 is 1.48 bits per heavy atom. The van der Waals surface area contributed by atoms with Crippen LogP contribution in [0.15, 0.2) is 11.6 Å². The summed E-state index contributed by atoms with van der Waals surface area (Å²) < 4.78 is 0. The van der Waals surface area contributed by atoms with E-state index in [1.54, 1.807) is 30.3 Å². The van der Waals surface area contributed by atoms with Crippen LogP contribution in [0.5, 0.6) is 0 Å². The molecule has 0 unspecified atom stereocenters. The SMILES string of the molecule is CC(C)CN(CC(=O)Nc1nccs1)C(=O)C(C)(C)CCl. The molecular formula is C14H22ClN3O2S. The van der Waals surface area contributed by atoms with Crippen molar-refractivity contribution in [2.24, 2.45) is 11.3 Å². The number of carbonyl (C=O) groups excluding carboxylic acids is 2. The van der Waals surface area contributed by atoms with Gasteiger partial charge in [0, 0.05) is 24.0 Å². The molecule has 1 heterocycles. The van der Waals surface area contributed by atoms with Crippen molar-refractivity contribution < 1.29 is 9.59 Å². The zero-order chi connectivity index (χ0) is 16.0. The van der Waals surface area contributed by atoms with Crippen molar-refractivity contribution in [3.05, 3.63) is 11.6 Å². The van der Waals surface area contributed by atoms with Crippen molar-refractivity contribution in [2.75, 3.05) is 24.3 Å². The second-order valence-electron chi connectivity index (χ2n) is 5.98. The van der Waals surface area contributed by atoms with E-state index >= 15 is 0 Å². The molecule has 0 atom stereocenters. The largest absolute Gasteiger partial charge is 0.333 e. The van der Waals surface area contributed by atoms with Gasteiger partial charge >= 0.3 is 0 Å². The third kappa shape index (κ3) is 5.63. The molecule has 0 aliphatic heterocycles. The Balaban J connectivity index is 2.73. The molecule has 0 aliphatic carbocycles. The highest BCUT2D eigenvalue weighted by Gasteiger charge is 2.32. The van der Waals surface area contributed by atoms with E-state index in [1.165, 1.54) is 11.3 Å². The van der Waals surface area contributed by atoms with Gasteiger partial charge in [0.05, 0.1) is 12.0 Å². The summed E-state index contributed by atoms with van der Waals surface area (Å²) >= 11 is 7.21.